The molecular formula is C48H57N2PPd. The zero-order valence-corrected chi connectivity index (χ0v) is 35.5. The molecule has 0 N–H and O–H groups in total. The number of hydrogen-bond acceptors (Lipinski definition) is 0. The van der Waals surface area contributed by atoms with E-state index >= 15 is 0 Å². The first-order valence-electron chi connectivity index (χ1n) is 18.8. The molecule has 1 heterocycles. The van der Waals surface area contributed by atoms with E-state index in [0.29, 0.717) is 23.7 Å². The average molecular weight is 799 g/mol. The van der Waals surface area contributed by atoms with Gasteiger partial charge in [0.25, 0.3) is 0 Å². The third kappa shape index (κ3) is 8.45. The molecule has 0 amide bonds. The van der Waals surface area contributed by atoms with Gasteiger partial charge in [0.05, 0.1) is 0 Å². The van der Waals surface area contributed by atoms with E-state index in [2.05, 4.69) is 226 Å². The Morgan fingerprint density at radius 2 is 0.673 bits per heavy atom. The van der Waals surface area contributed by atoms with Crippen molar-refractivity contribution in [1.82, 2.24) is 9.13 Å². The molecule has 0 fully saturated rings. The van der Waals surface area contributed by atoms with E-state index in [1.807, 2.05) is 0 Å². The van der Waals surface area contributed by atoms with Gasteiger partial charge in [-0.3, -0.25) is 0 Å². The van der Waals surface area contributed by atoms with Crippen LogP contribution in [0.1, 0.15) is 118 Å². The second-order valence-electron chi connectivity index (χ2n) is 15.2. The Hall–Kier alpha value is -3.60. The van der Waals surface area contributed by atoms with Gasteiger partial charge >= 0.3 is 193 Å². The zero-order valence-electron chi connectivity index (χ0n) is 33.0. The number of imidazole rings is 1. The molecule has 4 heteroatoms. The maximum absolute atomic E-state index is 3.64. The summed E-state index contributed by atoms with van der Waals surface area (Å²) in [5.74, 6) is 1.83. The maximum atomic E-state index is 3.64. The molecule has 0 saturated heterocycles. The van der Waals surface area contributed by atoms with E-state index in [0.717, 1.165) is 3.89 Å². The number of para-hydroxylation sites is 2. The quantitative estimate of drug-likeness (QED) is 0.102. The Morgan fingerprint density at radius 3 is 0.923 bits per heavy atom. The molecule has 274 valence electrons. The van der Waals surface area contributed by atoms with Gasteiger partial charge in [0.15, 0.2) is 0 Å². The van der Waals surface area contributed by atoms with Crippen LogP contribution in [0.5, 0.6) is 0 Å². The van der Waals surface area contributed by atoms with Crippen LogP contribution in [-0.2, 0) is 18.7 Å². The molecule has 1 aromatic heterocycles. The van der Waals surface area contributed by atoms with Crippen molar-refractivity contribution in [2.45, 2.75) is 99.8 Å². The minimum absolute atomic E-state index is 0.458. The van der Waals surface area contributed by atoms with Crippen LogP contribution in [-0.4, -0.2) is 9.13 Å². The Kier molecular flexibility index (Phi) is 13.3. The van der Waals surface area contributed by atoms with Crippen molar-refractivity contribution in [3.8, 4) is 11.4 Å². The van der Waals surface area contributed by atoms with E-state index in [1.165, 1.54) is 66.2 Å². The van der Waals surface area contributed by atoms with Gasteiger partial charge in [-0.1, -0.05) is 72.8 Å². The first-order valence-corrected chi connectivity index (χ1v) is 20.9. The van der Waals surface area contributed by atoms with Gasteiger partial charge in [0.1, 0.15) is 0 Å². The molecule has 6 aromatic rings. The summed E-state index contributed by atoms with van der Waals surface area (Å²) >= 11 is 3.64. The van der Waals surface area contributed by atoms with Crippen LogP contribution >= 0.6 is 7.92 Å². The number of hydrogen-bond donors (Lipinski definition) is 0. The van der Waals surface area contributed by atoms with E-state index in [-0.39, 0.29) is 0 Å². The predicted molar refractivity (Wildman–Crippen MR) is 224 cm³/mol. The van der Waals surface area contributed by atoms with Crippen molar-refractivity contribution in [3.05, 3.63) is 164 Å². The first-order chi connectivity index (χ1) is 24.8. The van der Waals surface area contributed by atoms with E-state index in [4.69, 9.17) is 0 Å². The maximum Gasteiger partial charge on any atom is -0.0122 e. The number of benzene rings is 5. The van der Waals surface area contributed by atoms with Crippen LogP contribution in [0, 0.1) is 24.7 Å². The van der Waals surface area contributed by atoms with Gasteiger partial charge in [-0.15, -0.1) is 0 Å². The molecule has 2 nitrogen and oxygen atoms in total. The summed E-state index contributed by atoms with van der Waals surface area (Å²) in [7, 11) is -0.508. The summed E-state index contributed by atoms with van der Waals surface area (Å²) in [6, 6.07) is 39.9. The number of rotatable bonds is 9. The predicted octanol–water partition coefficient (Wildman–Crippen LogP) is 12.2. The molecule has 0 aliphatic carbocycles. The van der Waals surface area contributed by atoms with E-state index in [1.54, 1.807) is 0 Å². The fraction of sp³-hybridized carbons (Fsp3) is 0.312. The van der Waals surface area contributed by atoms with Crippen LogP contribution < -0.4 is 15.9 Å². The first kappa shape index (κ1) is 39.6. The third-order valence-electron chi connectivity index (χ3n) is 9.97. The molecule has 5 aromatic carbocycles. The summed E-state index contributed by atoms with van der Waals surface area (Å²) in [5, 5.41) is 4.38. The normalized spacial score (nSPS) is 11.6. The number of aromatic nitrogens is 2. The third-order valence-corrected chi connectivity index (χ3v) is 13.7. The van der Waals surface area contributed by atoms with Crippen molar-refractivity contribution in [1.29, 1.82) is 0 Å². The second-order valence-corrected chi connectivity index (χ2v) is 18.0. The Bertz CT molecular complexity index is 1940. The topological polar surface area (TPSA) is 9.86 Å². The molecule has 0 spiro atoms. The minimum Gasteiger partial charge on any atom is -0.0620 e. The average Bonchev–Trinajstić information content (AvgIpc) is 3.50. The Balaban J connectivity index is 0.000000210. The molecule has 52 heavy (non-hydrogen) atoms. The molecule has 0 saturated carbocycles. The minimum atomic E-state index is -0.508. The monoisotopic (exact) mass is 798 g/mol. The molecule has 6 rings (SSSR count). The smallest absolute Gasteiger partial charge is 0.0122 e. The fourth-order valence-corrected chi connectivity index (χ4v) is 10.4. The molecule has 0 aliphatic rings. The van der Waals surface area contributed by atoms with Crippen molar-refractivity contribution >= 4 is 23.8 Å². The zero-order chi connectivity index (χ0) is 37.7. The largest absolute Gasteiger partial charge is 0.0620 e. The van der Waals surface area contributed by atoms with Crippen molar-refractivity contribution in [3.63, 3.8) is 0 Å². The van der Waals surface area contributed by atoms with Gasteiger partial charge in [-0.2, -0.15) is 0 Å². The molecule has 0 bridgehead atoms. The van der Waals surface area contributed by atoms with Crippen LogP contribution in [0.25, 0.3) is 11.4 Å². The van der Waals surface area contributed by atoms with Gasteiger partial charge in [-0.05, 0) is 61.3 Å². The van der Waals surface area contributed by atoms with Crippen LogP contribution in [0.3, 0.4) is 0 Å². The Labute approximate surface area is 325 Å². The number of aryl methyl sites for hydroxylation is 3. The van der Waals surface area contributed by atoms with Crippen molar-refractivity contribution in [2.24, 2.45) is 0 Å². The summed E-state index contributed by atoms with van der Waals surface area (Å²) in [5.41, 5.74) is 12.3. The molecular weight excluding hydrogens is 742 g/mol. The van der Waals surface area contributed by atoms with Crippen LogP contribution in [0.15, 0.2) is 122 Å². The summed E-state index contributed by atoms with van der Waals surface area (Å²) in [4.78, 5) is 0. The van der Waals surface area contributed by atoms with Gasteiger partial charge in [-0.25, -0.2) is 0 Å². The van der Waals surface area contributed by atoms with Gasteiger partial charge in [0.2, 0.25) is 0 Å². The van der Waals surface area contributed by atoms with Gasteiger partial charge in [0, 0.05) is 0 Å². The van der Waals surface area contributed by atoms with Crippen molar-refractivity contribution in [2.75, 3.05) is 0 Å². The second kappa shape index (κ2) is 17.5. The van der Waals surface area contributed by atoms with Gasteiger partial charge < -0.3 is 0 Å². The molecule has 0 radical (unpaired) electrons. The molecule has 0 atom stereocenters. The van der Waals surface area contributed by atoms with E-state index in [9.17, 15) is 0 Å². The standard InChI is InChI=1S/C27H36N2.C21H21P.Pd/c1-18(2)22-11-9-12-23(19(3)4)26(22)28-15-16-29(17-28)27-24(20(5)6)13-10-14-25(27)21(7)8;1-16-10-4-7-13-19(16)22(20-14-8-5-11-17(20)2)21-15-9-6-12-18(21)3;/h9-16,18-21H,1-8H3;4-15H,1-3H3;. The summed E-state index contributed by atoms with van der Waals surface area (Å²) < 4.78 is 5.78. The summed E-state index contributed by atoms with van der Waals surface area (Å²) in [6.45, 7) is 24.9. The molecule has 0 aliphatic heterocycles. The fourth-order valence-electron chi connectivity index (χ4n) is 7.10. The Morgan fingerprint density at radius 1 is 0.404 bits per heavy atom. The summed E-state index contributed by atoms with van der Waals surface area (Å²) in [6.07, 6.45) is 4.43. The number of nitrogens with zero attached hydrogens (tertiary/aromatic N) is 2. The SMILES string of the molecule is CC(C)c1cccc(C(C)C)c1-n1ccn(-c2c(C(C)C)cccc2C(C)C)[c]1=[Pd].Cc1ccccc1P(c1ccccc1C)c1ccccc1C. The molecule has 0 unspecified atom stereocenters. The van der Waals surface area contributed by atoms with E-state index < -0.39 is 7.92 Å². The van der Waals surface area contributed by atoms with Crippen LogP contribution in [0.4, 0.5) is 0 Å². The van der Waals surface area contributed by atoms with Crippen LogP contribution in [0.2, 0.25) is 0 Å². The van der Waals surface area contributed by atoms with Crippen molar-refractivity contribution < 1.29 is 18.7 Å².